The number of nitrogens with zero attached hydrogens (tertiary/aromatic N) is 3. The van der Waals surface area contributed by atoms with Crippen LogP contribution in [-0.4, -0.2) is 53.3 Å². The van der Waals surface area contributed by atoms with Crippen molar-refractivity contribution < 1.29 is 22.0 Å². The molecule has 1 amide bonds. The molecular weight excluding hydrogens is 402 g/mol. The Hall–Kier alpha value is -2.33. The average molecular weight is 426 g/mol. The fourth-order valence-electron chi connectivity index (χ4n) is 3.46. The number of benzene rings is 1. The molecule has 2 aromatic rings. The quantitative estimate of drug-likeness (QED) is 0.768. The van der Waals surface area contributed by atoms with Crippen molar-refractivity contribution in [3.8, 4) is 11.3 Å². The summed E-state index contributed by atoms with van der Waals surface area (Å²) in [5.41, 5.74) is 0.349. The molecule has 10 heteroatoms. The van der Waals surface area contributed by atoms with E-state index in [4.69, 9.17) is 0 Å². The number of nitrogens with one attached hydrogen (secondary N) is 1. The number of hydrogen-bond donors (Lipinski definition) is 1. The summed E-state index contributed by atoms with van der Waals surface area (Å²) in [6.07, 6.45) is 3.03. The maximum absolute atomic E-state index is 14.2. The minimum absolute atomic E-state index is 0.0395. The molecule has 1 aromatic carbocycles. The monoisotopic (exact) mass is 426 g/mol. The molecule has 1 aromatic heterocycles. The van der Waals surface area contributed by atoms with Crippen molar-refractivity contribution in [3.63, 3.8) is 0 Å². The number of piperidine rings is 1. The summed E-state index contributed by atoms with van der Waals surface area (Å²) < 4.78 is 54.6. The average Bonchev–Trinajstić information content (AvgIpc) is 3.04. The standard InChI is InChI=1S/C19H24F2N4O3S/c1-3-10-29(27,28)25-8-6-14(7-9-25)22-19(26)16-12-24(2)23-18(16)15-5-4-13(20)11-17(15)21/h4-5,11-12,14H,3,6-10H2,1-2H3,(H,22,26). The van der Waals surface area contributed by atoms with Gasteiger partial charge in [-0.3, -0.25) is 9.48 Å². The van der Waals surface area contributed by atoms with Gasteiger partial charge in [-0.1, -0.05) is 6.92 Å². The predicted molar refractivity (Wildman–Crippen MR) is 105 cm³/mol. The third-order valence-corrected chi connectivity index (χ3v) is 6.98. The summed E-state index contributed by atoms with van der Waals surface area (Å²) in [6, 6.07) is 2.92. The lowest BCUT2D eigenvalue weighted by molar-refractivity contribution is 0.0924. The molecule has 0 unspecified atom stereocenters. The van der Waals surface area contributed by atoms with Gasteiger partial charge in [-0.15, -0.1) is 0 Å². The Morgan fingerprint density at radius 2 is 1.97 bits per heavy atom. The maximum atomic E-state index is 14.2. The van der Waals surface area contributed by atoms with Crippen LogP contribution in [0.1, 0.15) is 36.5 Å². The van der Waals surface area contributed by atoms with Crippen LogP contribution in [0, 0.1) is 11.6 Å². The van der Waals surface area contributed by atoms with Crippen LogP contribution in [0.5, 0.6) is 0 Å². The highest BCUT2D eigenvalue weighted by atomic mass is 32.2. The van der Waals surface area contributed by atoms with Gasteiger partial charge in [-0.2, -0.15) is 5.10 Å². The number of carbonyl (C=O) groups excluding carboxylic acids is 1. The van der Waals surface area contributed by atoms with Gasteiger partial charge < -0.3 is 5.32 Å². The van der Waals surface area contributed by atoms with Crippen molar-refractivity contribution in [2.75, 3.05) is 18.8 Å². The summed E-state index contributed by atoms with van der Waals surface area (Å²) in [5.74, 6) is -1.82. The number of amides is 1. The molecule has 0 saturated carbocycles. The first-order valence-corrected chi connectivity index (χ1v) is 11.1. The molecule has 158 valence electrons. The van der Waals surface area contributed by atoms with Crippen molar-refractivity contribution in [3.05, 3.63) is 41.6 Å². The highest BCUT2D eigenvalue weighted by molar-refractivity contribution is 7.89. The van der Waals surface area contributed by atoms with Crippen molar-refractivity contribution in [1.82, 2.24) is 19.4 Å². The van der Waals surface area contributed by atoms with E-state index in [2.05, 4.69) is 10.4 Å². The van der Waals surface area contributed by atoms with E-state index < -0.39 is 27.6 Å². The van der Waals surface area contributed by atoms with Crippen LogP contribution in [-0.2, 0) is 17.1 Å². The third-order valence-electron chi connectivity index (χ3n) is 4.90. The predicted octanol–water partition coefficient (Wildman–Crippen LogP) is 2.30. The first-order chi connectivity index (χ1) is 13.7. The largest absolute Gasteiger partial charge is 0.349 e. The molecule has 29 heavy (non-hydrogen) atoms. The lowest BCUT2D eigenvalue weighted by atomic mass is 10.0. The normalized spacial score (nSPS) is 16.1. The van der Waals surface area contributed by atoms with Crippen LogP contribution in [0.2, 0.25) is 0 Å². The molecule has 1 saturated heterocycles. The van der Waals surface area contributed by atoms with Crippen molar-refractivity contribution in [1.29, 1.82) is 0 Å². The first-order valence-electron chi connectivity index (χ1n) is 9.49. The van der Waals surface area contributed by atoms with E-state index in [-0.39, 0.29) is 28.6 Å². The molecule has 1 aliphatic heterocycles. The van der Waals surface area contributed by atoms with Crippen molar-refractivity contribution in [2.45, 2.75) is 32.2 Å². The Labute approximate surface area is 168 Å². The second-order valence-electron chi connectivity index (χ2n) is 7.15. The second-order valence-corrected chi connectivity index (χ2v) is 9.24. The zero-order valence-corrected chi connectivity index (χ0v) is 17.2. The van der Waals surface area contributed by atoms with Crippen LogP contribution in [0.4, 0.5) is 8.78 Å². The Balaban J connectivity index is 1.71. The molecule has 0 spiro atoms. The number of aromatic nitrogens is 2. The Bertz CT molecular complexity index is 999. The summed E-state index contributed by atoms with van der Waals surface area (Å²) >= 11 is 0. The van der Waals surface area contributed by atoms with Gasteiger partial charge in [-0.25, -0.2) is 21.5 Å². The third kappa shape index (κ3) is 4.81. The van der Waals surface area contributed by atoms with E-state index in [9.17, 15) is 22.0 Å². The highest BCUT2D eigenvalue weighted by Gasteiger charge is 2.29. The number of rotatable bonds is 6. The minimum Gasteiger partial charge on any atom is -0.349 e. The van der Waals surface area contributed by atoms with Gasteiger partial charge in [0.15, 0.2) is 0 Å². The van der Waals surface area contributed by atoms with Crippen molar-refractivity contribution in [2.24, 2.45) is 7.05 Å². The van der Waals surface area contributed by atoms with E-state index in [1.807, 2.05) is 6.92 Å². The molecule has 0 atom stereocenters. The van der Waals surface area contributed by atoms with Gasteiger partial charge in [0.1, 0.15) is 17.3 Å². The summed E-state index contributed by atoms with van der Waals surface area (Å²) in [6.45, 7) is 2.51. The highest BCUT2D eigenvalue weighted by Crippen LogP contribution is 2.26. The SMILES string of the molecule is CCCS(=O)(=O)N1CCC(NC(=O)c2cn(C)nc2-c2ccc(F)cc2F)CC1. The Morgan fingerprint density at radius 3 is 2.59 bits per heavy atom. The van der Waals surface area contributed by atoms with Crippen LogP contribution >= 0.6 is 0 Å². The van der Waals surface area contributed by atoms with E-state index >= 15 is 0 Å². The minimum atomic E-state index is -3.25. The molecule has 0 aliphatic carbocycles. The van der Waals surface area contributed by atoms with Crippen LogP contribution < -0.4 is 5.32 Å². The van der Waals surface area contributed by atoms with E-state index in [1.54, 1.807) is 7.05 Å². The number of hydrogen-bond acceptors (Lipinski definition) is 4. The maximum Gasteiger partial charge on any atom is 0.255 e. The Morgan fingerprint density at radius 1 is 1.28 bits per heavy atom. The zero-order chi connectivity index (χ0) is 21.2. The second kappa shape index (κ2) is 8.58. The first kappa shape index (κ1) is 21.4. The topological polar surface area (TPSA) is 84.3 Å². The number of carbonyl (C=O) groups is 1. The number of halogens is 2. The molecule has 2 heterocycles. The van der Waals surface area contributed by atoms with Gasteiger partial charge in [0.25, 0.3) is 5.91 Å². The molecule has 0 radical (unpaired) electrons. The number of sulfonamides is 1. The van der Waals surface area contributed by atoms with Crippen LogP contribution in [0.15, 0.2) is 24.4 Å². The molecular formula is C19H24F2N4O3S. The summed E-state index contributed by atoms with van der Waals surface area (Å²) in [7, 11) is -1.64. The summed E-state index contributed by atoms with van der Waals surface area (Å²) in [4.78, 5) is 12.8. The van der Waals surface area contributed by atoms with E-state index in [0.29, 0.717) is 32.4 Å². The smallest absolute Gasteiger partial charge is 0.255 e. The van der Waals surface area contributed by atoms with Crippen LogP contribution in [0.25, 0.3) is 11.3 Å². The molecule has 1 aliphatic rings. The fraction of sp³-hybridized carbons (Fsp3) is 0.474. The van der Waals surface area contributed by atoms with Gasteiger partial charge in [0.05, 0.1) is 11.3 Å². The molecule has 7 nitrogen and oxygen atoms in total. The zero-order valence-electron chi connectivity index (χ0n) is 16.4. The fourth-order valence-corrected chi connectivity index (χ4v) is 5.00. The van der Waals surface area contributed by atoms with E-state index in [1.165, 1.54) is 21.3 Å². The van der Waals surface area contributed by atoms with Gasteiger partial charge in [0, 0.05) is 44.0 Å². The van der Waals surface area contributed by atoms with Crippen LogP contribution in [0.3, 0.4) is 0 Å². The van der Waals surface area contributed by atoms with E-state index in [0.717, 1.165) is 12.1 Å². The van der Waals surface area contributed by atoms with Crippen molar-refractivity contribution >= 4 is 15.9 Å². The summed E-state index contributed by atoms with van der Waals surface area (Å²) in [5, 5.41) is 7.04. The lowest BCUT2D eigenvalue weighted by Gasteiger charge is -2.31. The van der Waals surface area contributed by atoms with Gasteiger partial charge in [-0.05, 0) is 31.4 Å². The molecule has 1 N–H and O–H groups in total. The Kier molecular flexibility index (Phi) is 6.33. The molecule has 1 fully saturated rings. The molecule has 3 rings (SSSR count). The molecule has 0 bridgehead atoms. The van der Waals surface area contributed by atoms with Gasteiger partial charge in [0.2, 0.25) is 10.0 Å². The number of aryl methyl sites for hydroxylation is 1. The lowest BCUT2D eigenvalue weighted by Crippen LogP contribution is -2.47. The van der Waals surface area contributed by atoms with Gasteiger partial charge >= 0.3 is 0 Å².